The second kappa shape index (κ2) is 19.3. The molecular weight excluding hydrogens is 788 g/mol. The average Bonchev–Trinajstić information content (AvgIpc) is 3.84. The number of anilines is 1. The quantitative estimate of drug-likeness (QED) is 0.117. The number of likely N-dealkylation sites (N-methyl/N-ethyl adjacent to an activating group) is 1. The van der Waals surface area contributed by atoms with Gasteiger partial charge in [0.05, 0.1) is 25.3 Å². The molecule has 2 fully saturated rings. The lowest BCUT2D eigenvalue weighted by Crippen LogP contribution is -2.63. The smallest absolute Gasteiger partial charge is 0.409 e. The van der Waals surface area contributed by atoms with Gasteiger partial charge in [0, 0.05) is 57.9 Å². The molecule has 3 aliphatic heterocycles. The van der Waals surface area contributed by atoms with Crippen LogP contribution in [0.5, 0.6) is 5.75 Å². The van der Waals surface area contributed by atoms with Crippen LogP contribution in [-0.2, 0) is 44.5 Å². The number of halogens is 1. The molecule has 310 valence electrons. The Bertz CT molecular complexity index is 1720. The maximum atomic E-state index is 14.2. The molecule has 3 aliphatic rings. The SMILES string of the molecule is COc1cc2cc(c1Cl)N(C)C(=O)C[C@H](OC(=O)[C@H](C)N(C)C(=O)CCSSCCC(N)=O)[C@]1(C)OC1[C@H](C)[C@@H]1C[C@@](O)(NC(=O)O1)[C@H](OC)/C=C/C=C(\C)C2. The maximum Gasteiger partial charge on any atom is 0.409 e. The van der Waals surface area contributed by atoms with Crippen LogP contribution in [0.2, 0.25) is 5.02 Å². The number of hydrogen-bond acceptors (Lipinski definition) is 13. The third-order valence-corrected chi connectivity index (χ3v) is 13.2. The zero-order chi connectivity index (χ0) is 41.5. The number of carbonyl (C=O) groups excluding carboxylic acids is 5. The molecule has 1 aromatic rings. The van der Waals surface area contributed by atoms with Crippen molar-refractivity contribution in [2.24, 2.45) is 11.7 Å². The summed E-state index contributed by atoms with van der Waals surface area (Å²) in [6.45, 7) is 6.94. The average molecular weight is 841 g/mol. The monoisotopic (exact) mass is 840 g/mol. The third kappa shape index (κ3) is 10.9. The predicted octanol–water partition coefficient (Wildman–Crippen LogP) is 4.16. The molecule has 0 aliphatic carbocycles. The number of nitrogens with zero attached hydrogens (tertiary/aromatic N) is 2. The molecule has 4 amide bonds. The highest BCUT2D eigenvalue weighted by Crippen LogP contribution is 2.49. The van der Waals surface area contributed by atoms with Crippen LogP contribution in [0.25, 0.3) is 0 Å². The van der Waals surface area contributed by atoms with Gasteiger partial charge in [-0.15, -0.1) is 0 Å². The number of aliphatic hydroxyl groups is 1. The first kappa shape index (κ1) is 45.2. The van der Waals surface area contributed by atoms with Crippen LogP contribution in [0.15, 0.2) is 35.9 Å². The van der Waals surface area contributed by atoms with E-state index in [0.717, 1.165) is 11.1 Å². The minimum absolute atomic E-state index is 0.0660. The Labute approximate surface area is 340 Å². The van der Waals surface area contributed by atoms with Gasteiger partial charge in [-0.2, -0.15) is 0 Å². The van der Waals surface area contributed by atoms with Gasteiger partial charge in [-0.3, -0.25) is 19.7 Å². The number of epoxide rings is 1. The van der Waals surface area contributed by atoms with Crippen LogP contribution in [0.1, 0.15) is 58.9 Å². The van der Waals surface area contributed by atoms with Gasteiger partial charge in [0.25, 0.3) is 0 Å². The molecular formula is C38H53ClN4O11S2. The number of nitrogens with one attached hydrogen (secondary N) is 1. The van der Waals surface area contributed by atoms with Crippen LogP contribution in [0, 0.1) is 5.92 Å². The van der Waals surface area contributed by atoms with Gasteiger partial charge in [0.1, 0.15) is 40.7 Å². The van der Waals surface area contributed by atoms with E-state index in [4.69, 9.17) is 41.0 Å². The number of fused-ring (bicyclic) bond motifs is 5. The molecule has 1 unspecified atom stereocenters. The molecule has 0 saturated carbocycles. The molecule has 0 aromatic heterocycles. The van der Waals surface area contributed by atoms with E-state index in [2.05, 4.69) is 5.32 Å². The highest BCUT2D eigenvalue weighted by atomic mass is 35.5. The van der Waals surface area contributed by atoms with Crippen LogP contribution < -0.4 is 20.7 Å². The lowest BCUT2D eigenvalue weighted by molar-refractivity contribution is -0.162. The molecule has 8 atom stereocenters. The van der Waals surface area contributed by atoms with Crippen molar-refractivity contribution in [2.45, 2.75) is 102 Å². The molecule has 4 bridgehead atoms. The Balaban J connectivity index is 1.66. The van der Waals surface area contributed by atoms with E-state index in [-0.39, 0.29) is 36.6 Å². The van der Waals surface area contributed by atoms with Crippen molar-refractivity contribution in [3.05, 3.63) is 46.5 Å². The van der Waals surface area contributed by atoms with E-state index in [0.29, 0.717) is 29.4 Å². The van der Waals surface area contributed by atoms with Crippen molar-refractivity contribution >= 4 is 68.7 Å². The van der Waals surface area contributed by atoms with Crippen LogP contribution in [0.4, 0.5) is 10.5 Å². The van der Waals surface area contributed by atoms with Crippen molar-refractivity contribution in [3.8, 4) is 5.75 Å². The van der Waals surface area contributed by atoms with E-state index in [1.54, 1.807) is 45.2 Å². The fraction of sp³-hybridized carbons (Fsp3) is 0.605. The maximum absolute atomic E-state index is 14.2. The summed E-state index contributed by atoms with van der Waals surface area (Å²) in [7, 11) is 8.82. The van der Waals surface area contributed by atoms with E-state index in [1.807, 2.05) is 13.0 Å². The number of alkyl carbamates (subject to hydrolysis) is 1. The third-order valence-electron chi connectivity index (χ3n) is 10.4. The first-order valence-corrected chi connectivity index (χ1v) is 21.1. The van der Waals surface area contributed by atoms with Gasteiger partial charge in [-0.25, -0.2) is 9.59 Å². The highest BCUT2D eigenvalue weighted by Gasteiger charge is 2.64. The number of methoxy groups -OCH3 is 2. The number of nitrogens with two attached hydrogens (primary N) is 1. The van der Waals surface area contributed by atoms with E-state index >= 15 is 0 Å². The summed E-state index contributed by atoms with van der Waals surface area (Å²) in [5.41, 5.74) is 4.18. The lowest BCUT2D eigenvalue weighted by Gasteiger charge is -2.42. The van der Waals surface area contributed by atoms with Crippen molar-refractivity contribution in [1.29, 1.82) is 0 Å². The van der Waals surface area contributed by atoms with Crippen molar-refractivity contribution in [1.82, 2.24) is 10.2 Å². The summed E-state index contributed by atoms with van der Waals surface area (Å²) in [6.07, 6.45) is 1.13. The number of esters is 1. The Kier molecular flexibility index (Phi) is 15.6. The molecule has 4 rings (SSSR count). The number of carbonyl (C=O) groups is 5. The topological polar surface area (TPSA) is 200 Å². The summed E-state index contributed by atoms with van der Waals surface area (Å²) < 4.78 is 29.2. The van der Waals surface area contributed by atoms with Gasteiger partial charge in [-0.1, -0.05) is 63.9 Å². The normalized spacial score (nSPS) is 30.1. The first-order valence-electron chi connectivity index (χ1n) is 18.2. The summed E-state index contributed by atoms with van der Waals surface area (Å²) in [5, 5.41) is 14.5. The first-order chi connectivity index (χ1) is 26.3. The zero-order valence-corrected chi connectivity index (χ0v) is 35.4. The molecule has 2 saturated heterocycles. The van der Waals surface area contributed by atoms with Gasteiger partial charge in [0.2, 0.25) is 17.7 Å². The number of amides is 4. The number of primary amides is 1. The van der Waals surface area contributed by atoms with Gasteiger partial charge >= 0.3 is 12.1 Å². The summed E-state index contributed by atoms with van der Waals surface area (Å²) in [5.74, 6) is -1.12. The summed E-state index contributed by atoms with van der Waals surface area (Å²) in [4.78, 5) is 67.5. The fourth-order valence-corrected chi connectivity index (χ4v) is 9.08. The van der Waals surface area contributed by atoms with Crippen LogP contribution in [-0.4, -0.2) is 121 Å². The molecule has 0 radical (unpaired) electrons. The lowest BCUT2D eigenvalue weighted by atomic mass is 9.83. The van der Waals surface area contributed by atoms with Gasteiger partial charge in [0.15, 0.2) is 5.72 Å². The molecule has 15 nitrogen and oxygen atoms in total. The Morgan fingerprint density at radius 2 is 1.88 bits per heavy atom. The molecule has 1 aromatic carbocycles. The molecule has 18 heteroatoms. The molecule has 56 heavy (non-hydrogen) atoms. The Morgan fingerprint density at radius 3 is 2.52 bits per heavy atom. The molecule has 3 heterocycles. The second-order valence-corrected chi connectivity index (χ2v) is 17.6. The molecule has 4 N–H and O–H groups in total. The largest absolute Gasteiger partial charge is 0.495 e. The number of rotatable bonds is 12. The zero-order valence-electron chi connectivity index (χ0n) is 33.0. The minimum atomic E-state index is -1.84. The fourth-order valence-electron chi connectivity index (χ4n) is 6.78. The van der Waals surface area contributed by atoms with E-state index < -0.39 is 71.6 Å². The summed E-state index contributed by atoms with van der Waals surface area (Å²) >= 11 is 6.76. The Morgan fingerprint density at radius 1 is 1.20 bits per heavy atom. The number of allylic oxidation sites excluding steroid dienone is 3. The van der Waals surface area contributed by atoms with E-state index in [1.165, 1.54) is 59.6 Å². The minimum Gasteiger partial charge on any atom is -0.495 e. The van der Waals surface area contributed by atoms with Crippen LogP contribution >= 0.6 is 33.2 Å². The predicted molar refractivity (Wildman–Crippen MR) is 214 cm³/mol. The van der Waals surface area contributed by atoms with E-state index in [9.17, 15) is 29.1 Å². The van der Waals surface area contributed by atoms with Crippen LogP contribution in [0.3, 0.4) is 0 Å². The van der Waals surface area contributed by atoms with Gasteiger partial charge < -0.3 is 44.3 Å². The standard InChI is InChI=1S/C38H53ClN4O11S2/c1-21-10-9-11-28(51-8)38(49)20-27(52-36(48)41-38)22(2)34-37(4,54-34)29(19-32(46)43(6)25-17-24(16-21)18-26(50-7)33(25)39)53-35(47)23(3)42(5)31(45)13-15-56-55-14-12-30(40)44/h9-11,17-18,22-23,27-29,34,49H,12-16,19-20H2,1-8H3,(H2,40,44)(H,41,48)/b11-9+,21-10+/t22-,23+,27+,28-,29+,34?,37+,38+/m1/s1. The number of hydrogen-bond donors (Lipinski definition) is 3. The molecule has 0 spiro atoms. The summed E-state index contributed by atoms with van der Waals surface area (Å²) in [6, 6.07) is 2.54. The van der Waals surface area contributed by atoms with Crippen molar-refractivity contribution in [2.75, 3.05) is 44.7 Å². The van der Waals surface area contributed by atoms with Gasteiger partial charge in [-0.05, 0) is 44.9 Å². The highest BCUT2D eigenvalue weighted by molar-refractivity contribution is 8.76. The second-order valence-electron chi connectivity index (χ2n) is 14.5. The van der Waals surface area contributed by atoms with Crippen molar-refractivity contribution < 1.29 is 52.8 Å². The number of ether oxygens (including phenoxy) is 5. The van der Waals surface area contributed by atoms with Crippen molar-refractivity contribution in [3.63, 3.8) is 0 Å². The number of benzene rings is 1. The Hall–Kier alpha value is -3.48.